The molecule has 0 rings (SSSR count). The Kier molecular flexibility index (Phi) is 26.0. The molecular formula is C16H30MgO2. The molecule has 0 N–H and O–H groups in total. The van der Waals surface area contributed by atoms with E-state index in [4.69, 9.17) is 0 Å². The first-order valence-electron chi connectivity index (χ1n) is 7.45. The van der Waals surface area contributed by atoms with Gasteiger partial charge in [-0.05, 0) is 0 Å². The van der Waals surface area contributed by atoms with Crippen LogP contribution in [0.5, 0.6) is 0 Å². The third kappa shape index (κ3) is 18.1. The number of hydrogen-bond acceptors (Lipinski definition) is 2. The predicted octanol–water partition coefficient (Wildman–Crippen LogP) is 4.24. The van der Waals surface area contributed by atoms with Gasteiger partial charge in [0.15, 0.2) is 0 Å². The molecule has 0 aliphatic rings. The van der Waals surface area contributed by atoms with Crippen molar-refractivity contribution in [2.75, 3.05) is 0 Å². The Balaban J connectivity index is -0.000000256. The SMILES string of the molecule is CCCCC([C-]=O)CC.CCCCC([C-]=O)CC.[Mg+2]. The van der Waals surface area contributed by atoms with Crippen LogP contribution in [0.15, 0.2) is 0 Å². The molecule has 0 aromatic rings. The molecule has 0 radical (unpaired) electrons. The smallest absolute Gasteiger partial charge is 0.542 e. The Hall–Kier alpha value is 0.106. The molecule has 2 unspecified atom stereocenters. The van der Waals surface area contributed by atoms with Crippen molar-refractivity contribution in [2.45, 2.75) is 79.1 Å². The van der Waals surface area contributed by atoms with Crippen LogP contribution in [-0.4, -0.2) is 35.6 Å². The summed E-state index contributed by atoms with van der Waals surface area (Å²) in [5, 5.41) is 0. The van der Waals surface area contributed by atoms with E-state index in [9.17, 15) is 9.59 Å². The van der Waals surface area contributed by atoms with E-state index < -0.39 is 0 Å². The summed E-state index contributed by atoms with van der Waals surface area (Å²) in [5.74, 6) is 0.398. The van der Waals surface area contributed by atoms with Crippen molar-refractivity contribution in [3.8, 4) is 0 Å². The summed E-state index contributed by atoms with van der Waals surface area (Å²) in [5.41, 5.74) is 0. The van der Waals surface area contributed by atoms with Gasteiger partial charge in [0.1, 0.15) is 0 Å². The third-order valence-electron chi connectivity index (χ3n) is 3.13. The Bertz CT molecular complexity index is 164. The van der Waals surface area contributed by atoms with E-state index in [0.717, 1.165) is 38.5 Å². The van der Waals surface area contributed by atoms with Gasteiger partial charge in [-0.3, -0.25) is 12.6 Å². The summed E-state index contributed by atoms with van der Waals surface area (Å²) in [6.07, 6.45) is 12.7. The topological polar surface area (TPSA) is 34.1 Å². The van der Waals surface area contributed by atoms with Gasteiger partial charge >= 0.3 is 23.1 Å². The molecule has 0 saturated heterocycles. The van der Waals surface area contributed by atoms with Crippen molar-refractivity contribution in [3.05, 3.63) is 0 Å². The third-order valence-corrected chi connectivity index (χ3v) is 3.13. The van der Waals surface area contributed by atoms with Gasteiger partial charge < -0.3 is 9.59 Å². The van der Waals surface area contributed by atoms with Gasteiger partial charge in [0, 0.05) is 0 Å². The van der Waals surface area contributed by atoms with E-state index >= 15 is 0 Å². The molecule has 2 nitrogen and oxygen atoms in total. The van der Waals surface area contributed by atoms with E-state index in [0.29, 0.717) is 0 Å². The van der Waals surface area contributed by atoms with Crippen LogP contribution in [0.25, 0.3) is 0 Å². The fourth-order valence-corrected chi connectivity index (χ4v) is 1.59. The van der Waals surface area contributed by atoms with Crippen LogP contribution in [0, 0.1) is 11.8 Å². The first-order valence-corrected chi connectivity index (χ1v) is 7.45. The molecule has 0 aromatic carbocycles. The summed E-state index contributed by atoms with van der Waals surface area (Å²) < 4.78 is 0. The summed E-state index contributed by atoms with van der Waals surface area (Å²) in [6.45, 7) is 8.34. The van der Waals surface area contributed by atoms with Gasteiger partial charge in [0.05, 0.1) is 0 Å². The monoisotopic (exact) mass is 278 g/mol. The van der Waals surface area contributed by atoms with Crippen LogP contribution in [0.2, 0.25) is 0 Å². The van der Waals surface area contributed by atoms with E-state index in [1.165, 1.54) is 12.8 Å². The number of hydrogen-bond donors (Lipinski definition) is 0. The zero-order valence-electron chi connectivity index (χ0n) is 13.3. The predicted molar refractivity (Wildman–Crippen MR) is 83.8 cm³/mol. The van der Waals surface area contributed by atoms with Gasteiger partial charge in [0.2, 0.25) is 0 Å². The molecule has 0 aromatic heterocycles. The molecular weight excluding hydrogens is 248 g/mol. The van der Waals surface area contributed by atoms with Crippen LogP contribution in [0.3, 0.4) is 0 Å². The van der Waals surface area contributed by atoms with Crippen LogP contribution < -0.4 is 0 Å². The average Bonchev–Trinajstić information content (AvgIpc) is 2.42. The fraction of sp³-hybridized carbons (Fsp3) is 0.875. The molecule has 0 aliphatic carbocycles. The molecule has 0 bridgehead atoms. The van der Waals surface area contributed by atoms with Crippen molar-refractivity contribution in [2.24, 2.45) is 11.8 Å². The van der Waals surface area contributed by atoms with Gasteiger partial charge in [-0.25, -0.2) is 0 Å². The second-order valence-electron chi connectivity index (χ2n) is 4.73. The van der Waals surface area contributed by atoms with Crippen molar-refractivity contribution in [3.63, 3.8) is 0 Å². The van der Waals surface area contributed by atoms with Crippen molar-refractivity contribution >= 4 is 35.6 Å². The number of carbonyl (C=O) groups excluding carboxylic acids is 2. The minimum atomic E-state index is 0. The molecule has 0 spiro atoms. The molecule has 0 heterocycles. The second-order valence-corrected chi connectivity index (χ2v) is 4.73. The summed E-state index contributed by atoms with van der Waals surface area (Å²) in [6, 6.07) is 0. The molecule has 0 saturated carbocycles. The fourth-order valence-electron chi connectivity index (χ4n) is 1.59. The van der Waals surface area contributed by atoms with E-state index in [2.05, 4.69) is 13.8 Å². The van der Waals surface area contributed by atoms with E-state index in [-0.39, 0.29) is 34.9 Å². The molecule has 0 fully saturated rings. The number of rotatable bonds is 10. The van der Waals surface area contributed by atoms with Gasteiger partial charge in [-0.1, -0.05) is 79.1 Å². The summed E-state index contributed by atoms with van der Waals surface area (Å²) in [7, 11) is 0. The maximum Gasteiger partial charge on any atom is 2.00 e. The average molecular weight is 279 g/mol. The standard InChI is InChI=1S/2C8H15O.Mg/c2*1-3-5-6-8(4-2)7-9;/h2*8H,3-6H2,1-2H3;/q2*-1;+2. The van der Waals surface area contributed by atoms with Crippen LogP contribution in [-0.2, 0) is 9.59 Å². The molecule has 108 valence electrons. The first kappa shape index (κ1) is 24.1. The second kappa shape index (κ2) is 20.4. The minimum absolute atomic E-state index is 0. The maximum absolute atomic E-state index is 10.1. The molecule has 19 heavy (non-hydrogen) atoms. The zero-order chi connectivity index (χ0) is 14.2. The molecule has 2 atom stereocenters. The normalized spacial score (nSPS) is 12.4. The minimum Gasteiger partial charge on any atom is -0.542 e. The van der Waals surface area contributed by atoms with Crippen molar-refractivity contribution in [1.29, 1.82) is 0 Å². The largest absolute Gasteiger partial charge is 2.00 e. The van der Waals surface area contributed by atoms with E-state index in [1.807, 2.05) is 26.4 Å². The van der Waals surface area contributed by atoms with Gasteiger partial charge in [-0.2, -0.15) is 0 Å². The molecule has 0 amide bonds. The van der Waals surface area contributed by atoms with Crippen LogP contribution in [0.1, 0.15) is 79.1 Å². The number of unbranched alkanes of at least 4 members (excludes halogenated alkanes) is 2. The van der Waals surface area contributed by atoms with Crippen molar-refractivity contribution in [1.82, 2.24) is 0 Å². The van der Waals surface area contributed by atoms with Gasteiger partial charge in [-0.15, -0.1) is 11.8 Å². The Morgan fingerprint density at radius 1 is 0.737 bits per heavy atom. The van der Waals surface area contributed by atoms with Crippen LogP contribution in [0.4, 0.5) is 0 Å². The van der Waals surface area contributed by atoms with Crippen LogP contribution >= 0.6 is 0 Å². The van der Waals surface area contributed by atoms with E-state index in [1.54, 1.807) is 0 Å². The molecule has 3 heteroatoms. The Morgan fingerprint density at radius 3 is 1.21 bits per heavy atom. The van der Waals surface area contributed by atoms with Gasteiger partial charge in [0.25, 0.3) is 0 Å². The maximum atomic E-state index is 10.1. The molecule has 0 aliphatic heterocycles. The first-order chi connectivity index (χ1) is 8.69. The quantitative estimate of drug-likeness (QED) is 0.442. The Morgan fingerprint density at radius 2 is 1.05 bits per heavy atom. The van der Waals surface area contributed by atoms with Crippen molar-refractivity contribution < 1.29 is 9.59 Å². The summed E-state index contributed by atoms with van der Waals surface area (Å²) >= 11 is 0. The zero-order valence-corrected chi connectivity index (χ0v) is 14.7. The Labute approximate surface area is 136 Å². The summed E-state index contributed by atoms with van der Waals surface area (Å²) in [4.78, 5) is 20.2.